The van der Waals surface area contributed by atoms with Gasteiger partial charge >= 0.3 is 0 Å². The lowest BCUT2D eigenvalue weighted by molar-refractivity contribution is 0.0761. The molecule has 2 aromatic rings. The van der Waals surface area contributed by atoms with E-state index in [0.717, 1.165) is 38.8 Å². The second kappa shape index (κ2) is 12.2. The van der Waals surface area contributed by atoms with E-state index in [-0.39, 0.29) is 16.9 Å². The quantitative estimate of drug-likeness (QED) is 0.456. The second-order valence-corrected chi connectivity index (χ2v) is 8.30. The number of anilines is 1. The van der Waals surface area contributed by atoms with Crippen LogP contribution in [0.15, 0.2) is 48.5 Å². The number of carbonyl (C=O) groups excluding carboxylic acids is 2. The van der Waals surface area contributed by atoms with Crippen molar-refractivity contribution in [2.75, 3.05) is 25.0 Å². The highest BCUT2D eigenvalue weighted by Gasteiger charge is 2.17. The number of amides is 2. The summed E-state index contributed by atoms with van der Waals surface area (Å²) < 4.78 is 5.73. The number of para-hydroxylation sites is 1. The van der Waals surface area contributed by atoms with Gasteiger partial charge in [-0.25, -0.2) is 0 Å². The second-order valence-electron chi connectivity index (χ2n) is 7.89. The molecule has 0 aliphatic carbocycles. The molecule has 2 amide bonds. The molecule has 0 unspecified atom stereocenters. The molecule has 170 valence electrons. The number of likely N-dealkylation sites (tertiary alicyclic amines) is 1. The topological polar surface area (TPSA) is 70.7 Å². The van der Waals surface area contributed by atoms with Gasteiger partial charge in [-0.2, -0.15) is 0 Å². The number of hydrogen-bond donors (Lipinski definition) is 2. The molecule has 0 bridgehead atoms. The highest BCUT2D eigenvalue weighted by molar-refractivity contribution is 7.80. The Morgan fingerprint density at radius 1 is 1.00 bits per heavy atom. The van der Waals surface area contributed by atoms with E-state index in [1.807, 2.05) is 11.0 Å². The Labute approximate surface area is 195 Å². The van der Waals surface area contributed by atoms with Crippen LogP contribution in [-0.2, 0) is 0 Å². The van der Waals surface area contributed by atoms with Gasteiger partial charge in [0.05, 0.1) is 12.2 Å². The molecule has 0 radical (unpaired) electrons. The number of benzene rings is 2. The number of carbonyl (C=O) groups is 2. The third-order valence-corrected chi connectivity index (χ3v) is 5.60. The molecule has 0 aromatic heterocycles. The van der Waals surface area contributed by atoms with E-state index in [1.54, 1.807) is 42.5 Å². The molecule has 1 heterocycles. The van der Waals surface area contributed by atoms with Crippen molar-refractivity contribution < 1.29 is 14.3 Å². The van der Waals surface area contributed by atoms with Crippen LogP contribution in [0.1, 0.15) is 66.2 Å². The summed E-state index contributed by atoms with van der Waals surface area (Å²) in [6.07, 6.45) is 6.44. The van der Waals surface area contributed by atoms with Crippen LogP contribution in [0.25, 0.3) is 0 Å². The fourth-order valence-electron chi connectivity index (χ4n) is 3.59. The third-order valence-electron chi connectivity index (χ3n) is 5.40. The summed E-state index contributed by atoms with van der Waals surface area (Å²) >= 11 is 5.30. The van der Waals surface area contributed by atoms with Crippen LogP contribution in [0.5, 0.6) is 5.75 Å². The number of ether oxygens (including phenoxy) is 1. The number of nitrogens with one attached hydrogen (secondary N) is 2. The van der Waals surface area contributed by atoms with Gasteiger partial charge in [0.15, 0.2) is 5.11 Å². The zero-order valence-corrected chi connectivity index (χ0v) is 19.4. The number of unbranched alkanes of at least 4 members (excludes halogenated alkanes) is 1. The molecular weight excluding hydrogens is 422 g/mol. The summed E-state index contributed by atoms with van der Waals surface area (Å²) in [4.78, 5) is 27.3. The number of nitrogens with zero attached hydrogens (tertiary/aromatic N) is 1. The minimum absolute atomic E-state index is 0.0639. The first-order chi connectivity index (χ1) is 15.6. The van der Waals surface area contributed by atoms with Crippen LogP contribution >= 0.6 is 12.2 Å². The molecule has 1 saturated heterocycles. The van der Waals surface area contributed by atoms with E-state index in [9.17, 15) is 9.59 Å². The first-order valence-electron chi connectivity index (χ1n) is 11.3. The first kappa shape index (κ1) is 23.7. The monoisotopic (exact) mass is 453 g/mol. The number of rotatable bonds is 7. The lowest BCUT2D eigenvalue weighted by Crippen LogP contribution is -2.34. The average Bonchev–Trinajstić information content (AvgIpc) is 3.09. The smallest absolute Gasteiger partial charge is 0.261 e. The molecule has 1 aliphatic heterocycles. The summed E-state index contributed by atoms with van der Waals surface area (Å²) in [5.41, 5.74) is 1.80. The van der Waals surface area contributed by atoms with E-state index >= 15 is 0 Å². The zero-order valence-electron chi connectivity index (χ0n) is 18.6. The lowest BCUT2D eigenvalue weighted by atomic mass is 10.1. The van der Waals surface area contributed by atoms with E-state index in [4.69, 9.17) is 17.0 Å². The highest BCUT2D eigenvalue weighted by atomic mass is 32.1. The van der Waals surface area contributed by atoms with Crippen molar-refractivity contribution >= 4 is 34.8 Å². The van der Waals surface area contributed by atoms with Crippen molar-refractivity contribution in [2.24, 2.45) is 0 Å². The molecule has 32 heavy (non-hydrogen) atoms. The Kier molecular flexibility index (Phi) is 9.04. The van der Waals surface area contributed by atoms with Gasteiger partial charge in [-0.3, -0.25) is 14.9 Å². The molecule has 6 nitrogen and oxygen atoms in total. The molecule has 1 aliphatic rings. The van der Waals surface area contributed by atoms with Gasteiger partial charge in [-0.15, -0.1) is 0 Å². The van der Waals surface area contributed by atoms with Crippen molar-refractivity contribution in [1.82, 2.24) is 10.2 Å². The fraction of sp³-hybridized carbons (Fsp3) is 0.400. The lowest BCUT2D eigenvalue weighted by Gasteiger charge is -2.20. The molecule has 2 aromatic carbocycles. The molecule has 2 N–H and O–H groups in total. The molecule has 0 atom stereocenters. The standard InChI is InChI=1S/C25H31N3O3S/c1-2-3-18-31-22-11-7-6-10-21(22)23(29)27-25(32)26-20-14-12-19(13-15-20)24(30)28-16-8-4-5-9-17-28/h6-7,10-15H,2-5,8-9,16-18H2,1H3,(H2,26,27,29,32). The summed E-state index contributed by atoms with van der Waals surface area (Å²) in [5, 5.41) is 5.89. The number of hydrogen-bond acceptors (Lipinski definition) is 4. The Morgan fingerprint density at radius 3 is 2.38 bits per heavy atom. The predicted molar refractivity (Wildman–Crippen MR) is 131 cm³/mol. The van der Waals surface area contributed by atoms with Gasteiger partial charge in [0.25, 0.3) is 11.8 Å². The maximum Gasteiger partial charge on any atom is 0.261 e. The maximum atomic E-state index is 12.7. The molecule has 0 spiro atoms. The summed E-state index contributed by atoms with van der Waals surface area (Å²) in [6, 6.07) is 14.3. The Morgan fingerprint density at radius 2 is 1.69 bits per heavy atom. The molecule has 3 rings (SSSR count). The van der Waals surface area contributed by atoms with E-state index in [0.29, 0.717) is 29.2 Å². The minimum Gasteiger partial charge on any atom is -0.493 e. The highest BCUT2D eigenvalue weighted by Crippen LogP contribution is 2.19. The largest absolute Gasteiger partial charge is 0.493 e. The normalized spacial score (nSPS) is 13.7. The average molecular weight is 454 g/mol. The van der Waals surface area contributed by atoms with E-state index in [1.165, 1.54) is 12.8 Å². The summed E-state index contributed by atoms with van der Waals surface area (Å²) in [5.74, 6) is 0.272. The zero-order chi connectivity index (χ0) is 22.8. The maximum absolute atomic E-state index is 12.7. The number of thiocarbonyl (C=S) groups is 1. The van der Waals surface area contributed by atoms with Crippen LogP contribution in [0.3, 0.4) is 0 Å². The Balaban J connectivity index is 1.56. The van der Waals surface area contributed by atoms with Gasteiger partial charge in [0.1, 0.15) is 5.75 Å². The van der Waals surface area contributed by atoms with Crippen molar-refractivity contribution in [2.45, 2.75) is 45.4 Å². The fourth-order valence-corrected chi connectivity index (χ4v) is 3.80. The molecular formula is C25H31N3O3S. The van der Waals surface area contributed by atoms with Gasteiger partial charge in [0.2, 0.25) is 0 Å². The van der Waals surface area contributed by atoms with Crippen molar-refractivity contribution in [1.29, 1.82) is 0 Å². The summed E-state index contributed by atoms with van der Waals surface area (Å²) in [6.45, 7) is 4.28. The Bertz CT molecular complexity index is 922. The third kappa shape index (κ3) is 6.79. The van der Waals surface area contributed by atoms with Gasteiger partial charge in [0, 0.05) is 24.3 Å². The van der Waals surface area contributed by atoms with Crippen LogP contribution < -0.4 is 15.4 Å². The summed E-state index contributed by atoms with van der Waals surface area (Å²) in [7, 11) is 0. The van der Waals surface area contributed by atoms with Crippen molar-refractivity contribution in [3.63, 3.8) is 0 Å². The van der Waals surface area contributed by atoms with Crippen LogP contribution in [-0.4, -0.2) is 41.5 Å². The Hall–Kier alpha value is -2.93. The van der Waals surface area contributed by atoms with Gasteiger partial charge in [-0.1, -0.05) is 38.3 Å². The van der Waals surface area contributed by atoms with Gasteiger partial charge < -0.3 is 15.0 Å². The van der Waals surface area contributed by atoms with Gasteiger partial charge in [-0.05, 0) is 67.9 Å². The molecule has 7 heteroatoms. The first-order valence-corrected chi connectivity index (χ1v) is 11.7. The SMILES string of the molecule is CCCCOc1ccccc1C(=O)NC(=S)Nc1ccc(C(=O)N2CCCCCC2)cc1. The van der Waals surface area contributed by atoms with Crippen molar-refractivity contribution in [3.8, 4) is 5.75 Å². The van der Waals surface area contributed by atoms with Crippen LogP contribution in [0.4, 0.5) is 5.69 Å². The predicted octanol–water partition coefficient (Wildman–Crippen LogP) is 5.01. The minimum atomic E-state index is -0.331. The van der Waals surface area contributed by atoms with E-state index in [2.05, 4.69) is 17.6 Å². The van der Waals surface area contributed by atoms with E-state index < -0.39 is 0 Å². The van der Waals surface area contributed by atoms with Crippen LogP contribution in [0, 0.1) is 0 Å². The molecule has 0 saturated carbocycles. The van der Waals surface area contributed by atoms with Crippen molar-refractivity contribution in [3.05, 3.63) is 59.7 Å². The van der Waals surface area contributed by atoms with Crippen LogP contribution in [0.2, 0.25) is 0 Å². The molecule has 1 fully saturated rings.